The molecule has 0 saturated heterocycles. The summed E-state index contributed by atoms with van der Waals surface area (Å²) < 4.78 is 0. The van der Waals surface area contributed by atoms with Crippen molar-refractivity contribution in [1.82, 2.24) is 0 Å². The van der Waals surface area contributed by atoms with Gasteiger partial charge in [-0.3, -0.25) is 0 Å². The Morgan fingerprint density at radius 3 is 1.52 bits per heavy atom. The molecule has 128 valence electrons. The maximum absolute atomic E-state index is 3.66. The first kappa shape index (κ1) is 20.2. The SMILES string of the molecule is C.C(=Cc1ccccc1)Cc1ccccc1.C=CCc1ccccc1. The molecule has 3 rings (SSSR count). The predicted molar refractivity (Wildman–Crippen MR) is 113 cm³/mol. The van der Waals surface area contributed by atoms with Crippen LogP contribution < -0.4 is 0 Å². The van der Waals surface area contributed by atoms with Gasteiger partial charge in [-0.1, -0.05) is 117 Å². The van der Waals surface area contributed by atoms with Crippen molar-refractivity contribution in [3.63, 3.8) is 0 Å². The van der Waals surface area contributed by atoms with Crippen LogP contribution in [0.5, 0.6) is 0 Å². The number of hydrogen-bond donors (Lipinski definition) is 0. The Morgan fingerprint density at radius 1 is 0.600 bits per heavy atom. The highest BCUT2D eigenvalue weighted by atomic mass is 13.9. The van der Waals surface area contributed by atoms with Crippen molar-refractivity contribution in [2.45, 2.75) is 20.3 Å². The molecular formula is C25H28. The highest BCUT2D eigenvalue weighted by molar-refractivity contribution is 5.49. The fourth-order valence-electron chi connectivity index (χ4n) is 2.29. The van der Waals surface area contributed by atoms with Gasteiger partial charge in [0.2, 0.25) is 0 Å². The average molecular weight is 328 g/mol. The van der Waals surface area contributed by atoms with Crippen molar-refractivity contribution in [2.75, 3.05) is 0 Å². The molecule has 0 aromatic heterocycles. The number of benzene rings is 3. The molecule has 0 heteroatoms. The van der Waals surface area contributed by atoms with Crippen LogP contribution in [0.4, 0.5) is 0 Å². The van der Waals surface area contributed by atoms with Crippen LogP contribution in [0.2, 0.25) is 0 Å². The van der Waals surface area contributed by atoms with E-state index in [4.69, 9.17) is 0 Å². The van der Waals surface area contributed by atoms with Crippen molar-refractivity contribution >= 4 is 6.08 Å². The van der Waals surface area contributed by atoms with Gasteiger partial charge >= 0.3 is 0 Å². The molecule has 0 bridgehead atoms. The Hall–Kier alpha value is -2.86. The highest BCUT2D eigenvalue weighted by Crippen LogP contribution is 2.04. The molecule has 0 fully saturated rings. The first-order valence-corrected chi connectivity index (χ1v) is 8.29. The van der Waals surface area contributed by atoms with Crippen LogP contribution in [0.25, 0.3) is 6.08 Å². The van der Waals surface area contributed by atoms with Gasteiger partial charge in [0, 0.05) is 0 Å². The Kier molecular flexibility index (Phi) is 10.1. The summed E-state index contributed by atoms with van der Waals surface area (Å²) in [5.41, 5.74) is 3.94. The monoisotopic (exact) mass is 328 g/mol. The molecule has 0 aliphatic carbocycles. The molecule has 25 heavy (non-hydrogen) atoms. The molecule has 0 unspecified atom stereocenters. The van der Waals surface area contributed by atoms with E-state index in [0.717, 1.165) is 12.8 Å². The van der Waals surface area contributed by atoms with E-state index < -0.39 is 0 Å². The van der Waals surface area contributed by atoms with Gasteiger partial charge in [-0.05, 0) is 29.5 Å². The van der Waals surface area contributed by atoms with Crippen LogP contribution in [-0.2, 0) is 12.8 Å². The number of hydrogen-bond acceptors (Lipinski definition) is 0. The summed E-state index contributed by atoms with van der Waals surface area (Å²) in [4.78, 5) is 0. The summed E-state index contributed by atoms with van der Waals surface area (Å²) in [5, 5.41) is 0. The van der Waals surface area contributed by atoms with Crippen LogP contribution in [0.3, 0.4) is 0 Å². The first-order chi connectivity index (χ1) is 11.9. The summed E-state index contributed by atoms with van der Waals surface area (Å²) in [6, 6.07) is 31.2. The lowest BCUT2D eigenvalue weighted by atomic mass is 10.1. The average Bonchev–Trinajstić information content (AvgIpc) is 2.65. The van der Waals surface area contributed by atoms with Crippen LogP contribution >= 0.6 is 0 Å². The fraction of sp³-hybridized carbons (Fsp3) is 0.120. The zero-order chi connectivity index (χ0) is 16.9. The van der Waals surface area contributed by atoms with E-state index in [0.29, 0.717) is 0 Å². The van der Waals surface area contributed by atoms with Crippen molar-refractivity contribution in [2.24, 2.45) is 0 Å². The fourth-order valence-corrected chi connectivity index (χ4v) is 2.29. The van der Waals surface area contributed by atoms with E-state index in [2.05, 4.69) is 79.4 Å². The Morgan fingerprint density at radius 2 is 1.04 bits per heavy atom. The van der Waals surface area contributed by atoms with Gasteiger partial charge < -0.3 is 0 Å². The number of rotatable bonds is 5. The Bertz CT molecular complexity index is 710. The maximum Gasteiger partial charge on any atom is -0.00941 e. The molecule has 3 aromatic rings. The zero-order valence-electron chi connectivity index (χ0n) is 14.0. The third kappa shape index (κ3) is 8.53. The Labute approximate surface area is 153 Å². The molecule has 0 amide bonds. The second-order valence-electron chi connectivity index (χ2n) is 5.48. The molecular weight excluding hydrogens is 300 g/mol. The molecule has 0 spiro atoms. The second kappa shape index (κ2) is 12.5. The van der Waals surface area contributed by atoms with Gasteiger partial charge in [0.05, 0.1) is 0 Å². The smallest absolute Gasteiger partial charge is 0.00941 e. The summed E-state index contributed by atoms with van der Waals surface area (Å²) in [6.45, 7) is 3.66. The van der Waals surface area contributed by atoms with Crippen molar-refractivity contribution < 1.29 is 0 Å². The van der Waals surface area contributed by atoms with Gasteiger partial charge in [0.15, 0.2) is 0 Å². The third-order valence-corrected chi connectivity index (χ3v) is 3.53. The van der Waals surface area contributed by atoms with Crippen LogP contribution in [-0.4, -0.2) is 0 Å². The lowest BCUT2D eigenvalue weighted by Gasteiger charge is -1.94. The standard InChI is InChI=1S/C15H14.C9H10.CH4/c1-3-8-14(9-4-1)12-7-13-15-10-5-2-6-11-15;1-2-6-9-7-4-3-5-8-9;/h1-12H,13H2;2-5,7-8H,1,6H2;1H4. The van der Waals surface area contributed by atoms with E-state index in [1.165, 1.54) is 16.7 Å². The minimum Gasteiger partial charge on any atom is -0.103 e. The van der Waals surface area contributed by atoms with E-state index >= 15 is 0 Å². The van der Waals surface area contributed by atoms with Crippen LogP contribution in [0.1, 0.15) is 24.1 Å². The first-order valence-electron chi connectivity index (χ1n) is 8.29. The predicted octanol–water partition coefficient (Wildman–Crippen LogP) is 6.99. The van der Waals surface area contributed by atoms with Gasteiger partial charge in [-0.25, -0.2) is 0 Å². The molecule has 0 heterocycles. The van der Waals surface area contributed by atoms with Gasteiger partial charge in [-0.15, -0.1) is 6.58 Å². The van der Waals surface area contributed by atoms with E-state index in [-0.39, 0.29) is 7.43 Å². The molecule has 0 radical (unpaired) electrons. The van der Waals surface area contributed by atoms with E-state index in [1.807, 2.05) is 36.4 Å². The van der Waals surface area contributed by atoms with Gasteiger partial charge in [0.1, 0.15) is 0 Å². The highest BCUT2D eigenvalue weighted by Gasteiger charge is 1.86. The van der Waals surface area contributed by atoms with Crippen molar-refractivity contribution in [3.05, 3.63) is 126 Å². The Balaban J connectivity index is 0.000000270. The summed E-state index contributed by atoms with van der Waals surface area (Å²) in [6.07, 6.45) is 8.24. The molecule has 0 aliphatic heterocycles. The third-order valence-electron chi connectivity index (χ3n) is 3.53. The van der Waals surface area contributed by atoms with E-state index in [1.54, 1.807) is 0 Å². The lowest BCUT2D eigenvalue weighted by molar-refractivity contribution is 1.28. The van der Waals surface area contributed by atoms with Gasteiger partial charge in [-0.2, -0.15) is 0 Å². The number of allylic oxidation sites excluding steroid dienone is 2. The van der Waals surface area contributed by atoms with Crippen LogP contribution in [0, 0.1) is 0 Å². The second-order valence-corrected chi connectivity index (χ2v) is 5.48. The minimum absolute atomic E-state index is 0. The maximum atomic E-state index is 3.66. The van der Waals surface area contributed by atoms with Crippen LogP contribution in [0.15, 0.2) is 110 Å². The summed E-state index contributed by atoms with van der Waals surface area (Å²) in [5.74, 6) is 0. The topological polar surface area (TPSA) is 0 Å². The normalized spacial score (nSPS) is 9.60. The zero-order valence-corrected chi connectivity index (χ0v) is 14.0. The quantitative estimate of drug-likeness (QED) is 0.443. The molecule has 0 N–H and O–H groups in total. The summed E-state index contributed by atoms with van der Waals surface area (Å²) >= 11 is 0. The van der Waals surface area contributed by atoms with Crippen molar-refractivity contribution in [3.8, 4) is 0 Å². The largest absolute Gasteiger partial charge is 0.103 e. The van der Waals surface area contributed by atoms with Crippen molar-refractivity contribution in [1.29, 1.82) is 0 Å². The molecule has 0 atom stereocenters. The molecule has 0 saturated carbocycles. The summed E-state index contributed by atoms with van der Waals surface area (Å²) in [7, 11) is 0. The lowest BCUT2D eigenvalue weighted by Crippen LogP contribution is -1.78. The van der Waals surface area contributed by atoms with E-state index in [9.17, 15) is 0 Å². The molecule has 0 aliphatic rings. The molecule has 0 nitrogen and oxygen atoms in total. The molecule has 3 aromatic carbocycles. The van der Waals surface area contributed by atoms with Gasteiger partial charge in [0.25, 0.3) is 0 Å². The minimum atomic E-state index is 0.